The fraction of sp³-hybridized carbons (Fsp3) is 0.455. The van der Waals surface area contributed by atoms with Gasteiger partial charge in [-0.25, -0.2) is 17.9 Å². The number of aliphatic hydroxyl groups excluding tert-OH is 1. The van der Waals surface area contributed by atoms with Gasteiger partial charge in [0.2, 0.25) is 6.41 Å². The van der Waals surface area contributed by atoms with Crippen LogP contribution in [0.25, 0.3) is 11.4 Å². The van der Waals surface area contributed by atoms with E-state index in [-0.39, 0.29) is 25.2 Å². The van der Waals surface area contributed by atoms with Crippen LogP contribution in [0.1, 0.15) is 18.2 Å². The van der Waals surface area contributed by atoms with E-state index >= 15 is 0 Å². The van der Waals surface area contributed by atoms with E-state index in [0.717, 1.165) is 42.0 Å². The maximum atomic E-state index is 12.2. The van der Waals surface area contributed by atoms with E-state index in [2.05, 4.69) is 17.1 Å². The lowest BCUT2D eigenvalue weighted by Gasteiger charge is -2.37. The maximum absolute atomic E-state index is 12.2. The number of benzene rings is 1. The molecule has 3 heterocycles. The normalized spacial score (nSPS) is 18.0. The molecule has 1 aromatic carbocycles. The third kappa shape index (κ3) is 5.20. The molecule has 0 aliphatic carbocycles. The highest BCUT2D eigenvalue weighted by molar-refractivity contribution is 14.1. The summed E-state index contributed by atoms with van der Waals surface area (Å²) in [5, 5.41) is 11.5. The van der Waals surface area contributed by atoms with E-state index in [0.29, 0.717) is 37.8 Å². The van der Waals surface area contributed by atoms with Gasteiger partial charge in [0, 0.05) is 30.8 Å². The quantitative estimate of drug-likeness (QED) is 0.312. The Morgan fingerprint density at radius 2 is 2.12 bits per heavy atom. The van der Waals surface area contributed by atoms with Crippen molar-refractivity contribution in [3.63, 3.8) is 0 Å². The smallest absolute Gasteiger partial charge is 0.330 e. The van der Waals surface area contributed by atoms with Gasteiger partial charge in [0.05, 0.1) is 66.7 Å². The number of fused-ring (bicyclic) bond motifs is 1. The minimum atomic E-state index is -0.306. The Balaban J connectivity index is 1.66. The van der Waals surface area contributed by atoms with Crippen LogP contribution in [0.15, 0.2) is 24.3 Å². The molecular formula is C22H27IN6O4. The first-order chi connectivity index (χ1) is 16.0. The molecule has 1 fully saturated rings. The van der Waals surface area contributed by atoms with Crippen LogP contribution in [-0.4, -0.2) is 77.9 Å². The van der Waals surface area contributed by atoms with Crippen LogP contribution >= 0.6 is 22.9 Å². The molecule has 2 N–H and O–H groups in total. The average Bonchev–Trinajstić information content (AvgIpc) is 2.86. The number of rotatable bonds is 6. The average molecular weight is 566 g/mol. The van der Waals surface area contributed by atoms with E-state index in [9.17, 15) is 9.59 Å². The number of aromatic nitrogens is 2. The summed E-state index contributed by atoms with van der Waals surface area (Å²) in [4.78, 5) is 37.3. The van der Waals surface area contributed by atoms with Crippen molar-refractivity contribution in [2.24, 2.45) is 0 Å². The standard InChI is InChI=1S/C22H27IN6O4/c1-15-13-33-11-9-28(15)21-18-6-8-27(14-31)12-19(18)25-20(26-21)16-2-4-17(5-3-16)29(23)22(32)24-7-10-30/h2-5,14-15,30H,6-13H2,1H3,(H,24,32). The second-order valence-corrected chi connectivity index (χ2v) is 8.99. The highest BCUT2D eigenvalue weighted by atomic mass is 127. The van der Waals surface area contributed by atoms with Crippen molar-refractivity contribution in [2.75, 3.05) is 47.5 Å². The molecule has 1 atom stereocenters. The first-order valence-corrected chi connectivity index (χ1v) is 11.9. The van der Waals surface area contributed by atoms with Gasteiger partial charge in [-0.3, -0.25) is 4.79 Å². The van der Waals surface area contributed by atoms with Crippen molar-refractivity contribution in [3.05, 3.63) is 35.5 Å². The number of aliphatic hydroxyl groups is 1. The molecule has 0 radical (unpaired) electrons. The van der Waals surface area contributed by atoms with E-state index in [1.807, 2.05) is 47.1 Å². The van der Waals surface area contributed by atoms with Gasteiger partial charge in [-0.2, -0.15) is 0 Å². The maximum Gasteiger partial charge on any atom is 0.330 e. The van der Waals surface area contributed by atoms with Gasteiger partial charge in [0.25, 0.3) is 0 Å². The third-order valence-corrected chi connectivity index (χ3v) is 6.78. The van der Waals surface area contributed by atoms with Crippen LogP contribution < -0.4 is 13.3 Å². The van der Waals surface area contributed by atoms with Crippen molar-refractivity contribution in [2.45, 2.75) is 25.9 Å². The predicted octanol–water partition coefficient (Wildman–Crippen LogP) is 1.74. The molecule has 3 amide bonds. The van der Waals surface area contributed by atoms with Gasteiger partial charge < -0.3 is 25.0 Å². The van der Waals surface area contributed by atoms with E-state index in [1.54, 1.807) is 4.90 Å². The number of urea groups is 1. The molecule has 176 valence electrons. The number of nitrogens with one attached hydrogen (secondary N) is 1. The van der Waals surface area contributed by atoms with Gasteiger partial charge in [-0.15, -0.1) is 0 Å². The molecule has 0 bridgehead atoms. The number of halogens is 1. The minimum absolute atomic E-state index is 0.115. The summed E-state index contributed by atoms with van der Waals surface area (Å²) in [6, 6.07) is 7.32. The first kappa shape index (κ1) is 23.6. The monoisotopic (exact) mass is 566 g/mol. The fourth-order valence-electron chi connectivity index (χ4n) is 4.02. The Morgan fingerprint density at radius 3 is 2.82 bits per heavy atom. The van der Waals surface area contributed by atoms with E-state index in [4.69, 9.17) is 19.8 Å². The summed E-state index contributed by atoms with van der Waals surface area (Å²) in [5.41, 5.74) is 3.49. The number of morpholine rings is 1. The number of anilines is 2. The molecule has 10 nitrogen and oxygen atoms in total. The number of carbonyl (C=O) groups excluding carboxylic acids is 2. The summed E-state index contributed by atoms with van der Waals surface area (Å²) < 4.78 is 7.07. The largest absolute Gasteiger partial charge is 0.395 e. The highest BCUT2D eigenvalue weighted by Gasteiger charge is 2.28. The molecule has 2 aliphatic heterocycles. The number of amides is 3. The van der Waals surface area contributed by atoms with Gasteiger partial charge in [-0.1, -0.05) is 0 Å². The molecule has 33 heavy (non-hydrogen) atoms. The Bertz CT molecular complexity index is 1010. The molecule has 1 aromatic heterocycles. The molecule has 4 rings (SSSR count). The lowest BCUT2D eigenvalue weighted by Crippen LogP contribution is -2.45. The summed E-state index contributed by atoms with van der Waals surface area (Å²) in [5.74, 6) is 1.51. The van der Waals surface area contributed by atoms with Crippen LogP contribution in [0.2, 0.25) is 0 Å². The zero-order valence-corrected chi connectivity index (χ0v) is 20.6. The third-order valence-electron chi connectivity index (χ3n) is 5.78. The van der Waals surface area contributed by atoms with E-state index < -0.39 is 0 Å². The zero-order valence-electron chi connectivity index (χ0n) is 18.4. The molecule has 0 saturated carbocycles. The van der Waals surface area contributed by atoms with Gasteiger partial charge >= 0.3 is 6.03 Å². The van der Waals surface area contributed by atoms with Gasteiger partial charge in [0.15, 0.2) is 5.82 Å². The van der Waals surface area contributed by atoms with Crippen molar-refractivity contribution < 1.29 is 19.4 Å². The predicted molar refractivity (Wildman–Crippen MR) is 132 cm³/mol. The van der Waals surface area contributed by atoms with Gasteiger partial charge in [0.1, 0.15) is 5.82 Å². The number of hydrogen-bond acceptors (Lipinski definition) is 7. The zero-order chi connectivity index (χ0) is 23.4. The lowest BCUT2D eigenvalue weighted by molar-refractivity contribution is -0.119. The summed E-state index contributed by atoms with van der Waals surface area (Å²) >= 11 is 1.92. The minimum Gasteiger partial charge on any atom is -0.395 e. The van der Waals surface area contributed by atoms with Crippen LogP contribution in [-0.2, 0) is 22.5 Å². The van der Waals surface area contributed by atoms with Crippen molar-refractivity contribution in [1.29, 1.82) is 0 Å². The molecule has 2 aromatic rings. The highest BCUT2D eigenvalue weighted by Crippen LogP contribution is 2.32. The number of nitrogens with zero attached hydrogens (tertiary/aromatic N) is 5. The van der Waals surface area contributed by atoms with Crippen LogP contribution in [0, 0.1) is 0 Å². The molecular weight excluding hydrogens is 539 g/mol. The van der Waals surface area contributed by atoms with E-state index in [1.165, 1.54) is 3.11 Å². The van der Waals surface area contributed by atoms with Crippen molar-refractivity contribution in [1.82, 2.24) is 20.2 Å². The van der Waals surface area contributed by atoms with Crippen molar-refractivity contribution >= 4 is 46.8 Å². The lowest BCUT2D eigenvalue weighted by atomic mass is 10.0. The Morgan fingerprint density at radius 1 is 1.33 bits per heavy atom. The Hall–Kier alpha value is -2.51. The fourth-order valence-corrected chi connectivity index (χ4v) is 4.51. The topological polar surface area (TPSA) is 111 Å². The van der Waals surface area contributed by atoms with Crippen LogP contribution in [0.4, 0.5) is 16.3 Å². The number of carbonyl (C=O) groups is 2. The summed E-state index contributed by atoms with van der Waals surface area (Å²) in [6.45, 7) is 5.38. The summed E-state index contributed by atoms with van der Waals surface area (Å²) in [6.07, 6.45) is 1.59. The second-order valence-electron chi connectivity index (χ2n) is 8.02. The molecule has 0 spiro atoms. The SMILES string of the molecule is CC1COCCN1c1nc(-c2ccc(N(I)C(=O)NCCO)cc2)nc2c1CCN(C=O)C2. The number of hydrogen-bond donors (Lipinski definition) is 2. The molecule has 1 saturated heterocycles. The van der Waals surface area contributed by atoms with Crippen LogP contribution in [0.3, 0.4) is 0 Å². The molecule has 11 heteroatoms. The van der Waals surface area contributed by atoms with Crippen LogP contribution in [0.5, 0.6) is 0 Å². The first-order valence-electron chi connectivity index (χ1n) is 10.9. The Kier molecular flexibility index (Phi) is 7.60. The Labute approximate surface area is 206 Å². The molecule has 1 unspecified atom stereocenters. The van der Waals surface area contributed by atoms with Gasteiger partial charge in [-0.05, 0) is 37.6 Å². The van der Waals surface area contributed by atoms with Crippen molar-refractivity contribution in [3.8, 4) is 11.4 Å². The second kappa shape index (κ2) is 10.6. The number of ether oxygens (including phenoxy) is 1. The summed E-state index contributed by atoms with van der Waals surface area (Å²) in [7, 11) is 0. The molecule has 2 aliphatic rings.